The van der Waals surface area contributed by atoms with Crippen molar-refractivity contribution < 1.29 is 19.1 Å². The van der Waals surface area contributed by atoms with Crippen LogP contribution in [-0.2, 0) is 9.59 Å². The molecule has 2 amide bonds. The Hall–Kier alpha value is -4.01. The second-order valence-corrected chi connectivity index (χ2v) is 10.3. The highest BCUT2D eigenvalue weighted by atomic mass is 19.1. The zero-order valence-corrected chi connectivity index (χ0v) is 21.5. The lowest BCUT2D eigenvalue weighted by molar-refractivity contribution is -0.120. The number of hydrogen-bond donors (Lipinski definition) is 4. The molecular formula is C30H33FN4O3. The van der Waals surface area contributed by atoms with Crippen LogP contribution in [0.5, 0.6) is 0 Å². The molecule has 1 heterocycles. The van der Waals surface area contributed by atoms with Gasteiger partial charge < -0.3 is 21.5 Å². The minimum Gasteiger partial charge on any atom is -0.397 e. The molecule has 7 nitrogen and oxygen atoms in total. The number of nitrogens with two attached hydrogens (primary N) is 1. The van der Waals surface area contributed by atoms with Crippen molar-refractivity contribution in [2.75, 3.05) is 36.0 Å². The molecule has 0 aliphatic carbocycles. The summed E-state index contributed by atoms with van der Waals surface area (Å²) in [7, 11) is 0. The summed E-state index contributed by atoms with van der Waals surface area (Å²) in [4.78, 5) is 27.7. The molecule has 8 heteroatoms. The van der Waals surface area contributed by atoms with Crippen LogP contribution < -0.4 is 16.4 Å². The molecule has 0 bridgehead atoms. The quantitative estimate of drug-likeness (QED) is 0.261. The number of para-hydroxylation sites is 2. The molecule has 198 valence electrons. The van der Waals surface area contributed by atoms with Gasteiger partial charge in [0.25, 0.3) is 0 Å². The number of carbonyl (C=O) groups is 2. The summed E-state index contributed by atoms with van der Waals surface area (Å²) in [6, 6.07) is 20.5. The fourth-order valence-electron chi connectivity index (χ4n) is 4.74. The Balaban J connectivity index is 1.46. The minimum absolute atomic E-state index is 0.0971. The van der Waals surface area contributed by atoms with Crippen molar-refractivity contribution in [3.8, 4) is 0 Å². The third-order valence-electron chi connectivity index (χ3n) is 6.47. The van der Waals surface area contributed by atoms with Gasteiger partial charge in [-0.25, -0.2) is 4.39 Å². The van der Waals surface area contributed by atoms with E-state index in [1.165, 1.54) is 30.3 Å². The van der Waals surface area contributed by atoms with Crippen molar-refractivity contribution in [3.63, 3.8) is 0 Å². The lowest BCUT2D eigenvalue weighted by Gasteiger charge is -2.25. The molecule has 0 saturated carbocycles. The SMILES string of the molecule is CC(C)(O)CN1CC(C(=O)Nc2ccc(F)cc2)C(c2ccc(C=CC(=O)Nc3ccccc3N)cc2)C1. The van der Waals surface area contributed by atoms with Gasteiger partial charge in [-0.1, -0.05) is 36.4 Å². The zero-order valence-electron chi connectivity index (χ0n) is 21.5. The van der Waals surface area contributed by atoms with E-state index in [0.29, 0.717) is 36.7 Å². The van der Waals surface area contributed by atoms with Gasteiger partial charge in [0.1, 0.15) is 5.82 Å². The van der Waals surface area contributed by atoms with Gasteiger partial charge in [-0.2, -0.15) is 0 Å². The molecule has 1 aliphatic rings. The predicted molar refractivity (Wildman–Crippen MR) is 149 cm³/mol. The minimum atomic E-state index is -0.896. The van der Waals surface area contributed by atoms with E-state index in [-0.39, 0.29) is 29.5 Å². The van der Waals surface area contributed by atoms with E-state index in [1.807, 2.05) is 24.3 Å². The number of nitrogens with one attached hydrogen (secondary N) is 2. The number of benzene rings is 3. The number of nitrogens with zero attached hydrogens (tertiary/aromatic N) is 1. The molecule has 38 heavy (non-hydrogen) atoms. The highest BCUT2D eigenvalue weighted by molar-refractivity contribution is 6.03. The van der Waals surface area contributed by atoms with Gasteiger partial charge in [-0.3, -0.25) is 14.5 Å². The number of halogens is 1. The van der Waals surface area contributed by atoms with E-state index in [2.05, 4.69) is 15.5 Å². The van der Waals surface area contributed by atoms with E-state index in [4.69, 9.17) is 5.73 Å². The van der Waals surface area contributed by atoms with Crippen LogP contribution in [0.3, 0.4) is 0 Å². The highest BCUT2D eigenvalue weighted by Crippen LogP contribution is 2.34. The summed E-state index contributed by atoms with van der Waals surface area (Å²) in [5, 5.41) is 16.0. The number of rotatable bonds is 8. The topological polar surface area (TPSA) is 108 Å². The Morgan fingerprint density at radius 1 is 1.03 bits per heavy atom. The predicted octanol–water partition coefficient (Wildman–Crippen LogP) is 4.48. The maximum absolute atomic E-state index is 13.3. The van der Waals surface area contributed by atoms with E-state index < -0.39 is 5.60 Å². The van der Waals surface area contributed by atoms with E-state index in [1.54, 1.807) is 44.2 Å². The molecular weight excluding hydrogens is 483 g/mol. The summed E-state index contributed by atoms with van der Waals surface area (Å²) in [6.07, 6.45) is 3.16. The van der Waals surface area contributed by atoms with Crippen LogP contribution in [0.4, 0.5) is 21.5 Å². The number of carbonyl (C=O) groups excluding carboxylic acids is 2. The fourth-order valence-corrected chi connectivity index (χ4v) is 4.74. The molecule has 1 saturated heterocycles. The first-order valence-corrected chi connectivity index (χ1v) is 12.5. The van der Waals surface area contributed by atoms with Crippen molar-refractivity contribution in [1.29, 1.82) is 0 Å². The van der Waals surface area contributed by atoms with Gasteiger partial charge in [0.15, 0.2) is 0 Å². The Bertz CT molecular complexity index is 1300. The molecule has 2 unspecified atom stereocenters. The van der Waals surface area contributed by atoms with Crippen LogP contribution in [0.1, 0.15) is 30.9 Å². The Morgan fingerprint density at radius 2 is 1.71 bits per heavy atom. The van der Waals surface area contributed by atoms with Crippen LogP contribution in [-0.4, -0.2) is 47.1 Å². The Labute approximate surface area is 222 Å². The molecule has 0 radical (unpaired) electrons. The van der Waals surface area contributed by atoms with Crippen molar-refractivity contribution in [1.82, 2.24) is 4.90 Å². The van der Waals surface area contributed by atoms with Gasteiger partial charge in [0.2, 0.25) is 11.8 Å². The maximum atomic E-state index is 13.3. The molecule has 2 atom stereocenters. The van der Waals surface area contributed by atoms with Crippen molar-refractivity contribution in [3.05, 3.63) is 95.8 Å². The number of nitrogen functional groups attached to an aromatic ring is 1. The second kappa shape index (κ2) is 11.6. The molecule has 1 aliphatic heterocycles. The van der Waals surface area contributed by atoms with Gasteiger partial charge in [0, 0.05) is 37.3 Å². The molecule has 4 rings (SSSR count). The average molecular weight is 517 g/mol. The summed E-state index contributed by atoms with van der Waals surface area (Å²) in [5.41, 5.74) is 8.39. The lowest BCUT2D eigenvalue weighted by atomic mass is 9.88. The third-order valence-corrected chi connectivity index (χ3v) is 6.47. The number of likely N-dealkylation sites (tertiary alicyclic amines) is 1. The monoisotopic (exact) mass is 516 g/mol. The summed E-state index contributed by atoms with van der Waals surface area (Å²) in [6.45, 7) is 5.04. The second-order valence-electron chi connectivity index (χ2n) is 10.3. The van der Waals surface area contributed by atoms with Gasteiger partial charge in [0.05, 0.1) is 22.9 Å². The maximum Gasteiger partial charge on any atom is 0.248 e. The van der Waals surface area contributed by atoms with E-state index >= 15 is 0 Å². The first-order chi connectivity index (χ1) is 18.1. The molecule has 3 aromatic rings. The Morgan fingerprint density at radius 3 is 2.37 bits per heavy atom. The van der Waals surface area contributed by atoms with Crippen molar-refractivity contribution in [2.45, 2.75) is 25.4 Å². The normalized spacial score (nSPS) is 18.0. The smallest absolute Gasteiger partial charge is 0.248 e. The molecule has 5 N–H and O–H groups in total. The number of hydrogen-bond acceptors (Lipinski definition) is 5. The van der Waals surface area contributed by atoms with Crippen LogP contribution in [0, 0.1) is 11.7 Å². The van der Waals surface area contributed by atoms with Crippen LogP contribution >= 0.6 is 0 Å². The summed E-state index contributed by atoms with van der Waals surface area (Å²) in [5.74, 6) is -1.26. The average Bonchev–Trinajstić information content (AvgIpc) is 3.28. The first kappa shape index (κ1) is 27.0. The number of aliphatic hydroxyl groups is 1. The number of anilines is 3. The third kappa shape index (κ3) is 7.27. The molecule has 0 spiro atoms. The van der Waals surface area contributed by atoms with Crippen LogP contribution in [0.15, 0.2) is 78.9 Å². The van der Waals surface area contributed by atoms with Crippen LogP contribution in [0.2, 0.25) is 0 Å². The summed E-state index contributed by atoms with van der Waals surface area (Å²) >= 11 is 0. The zero-order chi connectivity index (χ0) is 27.3. The molecule has 3 aromatic carbocycles. The van der Waals surface area contributed by atoms with Crippen molar-refractivity contribution >= 4 is 35.0 Å². The van der Waals surface area contributed by atoms with E-state index in [9.17, 15) is 19.1 Å². The largest absolute Gasteiger partial charge is 0.397 e. The molecule has 0 aromatic heterocycles. The highest BCUT2D eigenvalue weighted by Gasteiger charge is 2.39. The standard InChI is InChI=1S/C30H33FN4O3/c1-30(2,38)19-35-17-24(25(18-35)29(37)33-23-14-12-22(31)13-15-23)21-10-7-20(8-11-21)9-16-28(36)34-27-6-4-3-5-26(27)32/h3-16,24-25,38H,17-19,32H2,1-2H3,(H,33,37)(H,34,36). The van der Waals surface area contributed by atoms with Gasteiger partial charge in [-0.05, 0) is 67.4 Å². The first-order valence-electron chi connectivity index (χ1n) is 12.5. The van der Waals surface area contributed by atoms with Gasteiger partial charge in [-0.15, -0.1) is 0 Å². The molecule has 1 fully saturated rings. The number of β-amino-alcohol motifs (C(OH)–C–C–N with tert-alkyl or cyclic N) is 1. The van der Waals surface area contributed by atoms with Crippen molar-refractivity contribution in [2.24, 2.45) is 5.92 Å². The number of amides is 2. The van der Waals surface area contributed by atoms with E-state index in [0.717, 1.165) is 11.1 Å². The summed E-state index contributed by atoms with van der Waals surface area (Å²) < 4.78 is 13.3. The fraction of sp³-hybridized carbons (Fsp3) is 0.267. The Kier molecular flexibility index (Phi) is 8.24. The lowest BCUT2D eigenvalue weighted by Crippen LogP contribution is -2.38. The van der Waals surface area contributed by atoms with Gasteiger partial charge >= 0.3 is 0 Å². The van der Waals surface area contributed by atoms with Crippen LogP contribution in [0.25, 0.3) is 6.08 Å².